The Hall–Kier alpha value is -1.20. The average Bonchev–Trinajstić information content (AvgIpc) is 1.86. The lowest BCUT2D eigenvalue weighted by Crippen LogP contribution is -2.36. The molecule has 0 amide bonds. The van der Waals surface area contributed by atoms with Crippen LogP contribution in [0.15, 0.2) is 18.3 Å². The molecule has 0 aromatic carbocycles. The van der Waals surface area contributed by atoms with E-state index in [1.165, 1.54) is 6.07 Å². The lowest BCUT2D eigenvalue weighted by atomic mass is 9.86. The third kappa shape index (κ3) is 1.86. The van der Waals surface area contributed by atoms with E-state index in [1.54, 1.807) is 0 Å². The molecule has 0 spiro atoms. The fraction of sp³-hybridized carbons (Fsp3) is 0. The van der Waals surface area contributed by atoms with E-state index in [1.807, 2.05) is 0 Å². The van der Waals surface area contributed by atoms with Crippen molar-refractivity contribution in [3.05, 3.63) is 18.3 Å². The molecule has 0 radical (unpaired) electrons. The van der Waals surface area contributed by atoms with Gasteiger partial charge in [-0.25, -0.2) is 0 Å². The third-order valence-electron chi connectivity index (χ3n) is 1.14. The molecule has 1 aromatic heterocycles. The molecule has 0 aliphatic rings. The second-order valence-electron chi connectivity index (χ2n) is 2.09. The highest BCUT2D eigenvalue weighted by molar-refractivity contribution is 6.72. The standard InChI is InChI=1S/C5H5BF3N2/c7-6(8,9)5-2-1-4(10)3-11-5/h1-3H,10H2/q-1. The van der Waals surface area contributed by atoms with Crippen molar-refractivity contribution >= 4 is 18.3 Å². The van der Waals surface area contributed by atoms with Gasteiger partial charge in [0.1, 0.15) is 0 Å². The van der Waals surface area contributed by atoms with Crippen LogP contribution < -0.4 is 11.3 Å². The highest BCUT2D eigenvalue weighted by Crippen LogP contribution is 2.07. The predicted octanol–water partition coefficient (Wildman–Crippen LogP) is 0.718. The minimum atomic E-state index is -4.99. The number of halogens is 3. The Morgan fingerprint density at radius 1 is 1.27 bits per heavy atom. The van der Waals surface area contributed by atoms with E-state index in [-0.39, 0.29) is 5.69 Å². The Morgan fingerprint density at radius 2 is 1.91 bits per heavy atom. The van der Waals surface area contributed by atoms with Gasteiger partial charge >= 0.3 is 6.98 Å². The van der Waals surface area contributed by atoms with Gasteiger partial charge in [0, 0.05) is 11.9 Å². The van der Waals surface area contributed by atoms with Crippen LogP contribution in [0.5, 0.6) is 0 Å². The van der Waals surface area contributed by atoms with Gasteiger partial charge in [-0.3, -0.25) is 4.98 Å². The first-order valence-corrected chi connectivity index (χ1v) is 2.91. The van der Waals surface area contributed by atoms with E-state index in [0.29, 0.717) is 0 Å². The molecule has 0 fully saturated rings. The minimum Gasteiger partial charge on any atom is -0.444 e. The van der Waals surface area contributed by atoms with Crippen molar-refractivity contribution in [3.63, 3.8) is 0 Å². The Morgan fingerprint density at radius 3 is 2.27 bits per heavy atom. The lowest BCUT2D eigenvalue weighted by Gasteiger charge is -2.12. The van der Waals surface area contributed by atoms with Crippen molar-refractivity contribution in [1.82, 2.24) is 4.98 Å². The molecule has 0 unspecified atom stereocenters. The first-order chi connectivity index (χ1) is 5.00. The van der Waals surface area contributed by atoms with Crippen LogP contribution in [-0.4, -0.2) is 12.0 Å². The van der Waals surface area contributed by atoms with Gasteiger partial charge in [0.25, 0.3) is 0 Å². The van der Waals surface area contributed by atoms with E-state index >= 15 is 0 Å². The summed E-state index contributed by atoms with van der Waals surface area (Å²) >= 11 is 0. The first kappa shape index (κ1) is 7.91. The van der Waals surface area contributed by atoms with Gasteiger partial charge in [-0.15, -0.1) is 0 Å². The molecule has 60 valence electrons. The summed E-state index contributed by atoms with van der Waals surface area (Å²) in [6.45, 7) is -4.99. The van der Waals surface area contributed by atoms with Crippen LogP contribution >= 0.6 is 0 Å². The van der Waals surface area contributed by atoms with E-state index < -0.39 is 12.6 Å². The molecule has 0 aliphatic carbocycles. The summed E-state index contributed by atoms with van der Waals surface area (Å²) in [4.78, 5) is 3.13. The number of aromatic nitrogens is 1. The molecule has 0 bridgehead atoms. The summed E-state index contributed by atoms with van der Waals surface area (Å²) < 4.78 is 35.6. The first-order valence-electron chi connectivity index (χ1n) is 2.91. The van der Waals surface area contributed by atoms with Crippen molar-refractivity contribution < 1.29 is 12.9 Å². The summed E-state index contributed by atoms with van der Waals surface area (Å²) in [5.74, 6) is 0. The second-order valence-corrected chi connectivity index (χ2v) is 2.09. The SMILES string of the molecule is Nc1ccc([B-](F)(F)F)nc1. The van der Waals surface area contributed by atoms with Crippen molar-refractivity contribution in [2.24, 2.45) is 0 Å². The van der Waals surface area contributed by atoms with E-state index in [0.717, 1.165) is 12.3 Å². The molecule has 6 heteroatoms. The summed E-state index contributed by atoms with van der Waals surface area (Å²) in [6.07, 6.45) is 0.991. The maximum Gasteiger partial charge on any atom is 0.527 e. The monoisotopic (exact) mass is 161 g/mol. The molecule has 1 rings (SSSR count). The molecule has 11 heavy (non-hydrogen) atoms. The van der Waals surface area contributed by atoms with Crippen molar-refractivity contribution in [2.45, 2.75) is 0 Å². The van der Waals surface area contributed by atoms with Crippen molar-refractivity contribution in [1.29, 1.82) is 0 Å². The van der Waals surface area contributed by atoms with Gasteiger partial charge < -0.3 is 18.7 Å². The average molecular weight is 161 g/mol. The second kappa shape index (κ2) is 2.45. The number of hydrogen-bond acceptors (Lipinski definition) is 2. The van der Waals surface area contributed by atoms with Gasteiger partial charge in [0.05, 0.1) is 0 Å². The quantitative estimate of drug-likeness (QED) is 0.616. The van der Waals surface area contributed by atoms with Crippen molar-refractivity contribution in [3.8, 4) is 0 Å². The van der Waals surface area contributed by atoms with E-state index in [2.05, 4.69) is 4.98 Å². The largest absolute Gasteiger partial charge is 0.527 e. The fourth-order valence-electron chi connectivity index (χ4n) is 0.610. The van der Waals surface area contributed by atoms with Crippen LogP contribution in [0, 0.1) is 0 Å². The summed E-state index contributed by atoms with van der Waals surface area (Å²) in [7, 11) is 0. The molecular formula is C5H5BF3N2-. The van der Waals surface area contributed by atoms with Crippen molar-refractivity contribution in [2.75, 3.05) is 5.73 Å². The van der Waals surface area contributed by atoms with Crippen LogP contribution in [0.3, 0.4) is 0 Å². The number of nitrogens with two attached hydrogens (primary N) is 1. The molecule has 1 aromatic rings. The number of nitrogen functional groups attached to an aromatic ring is 1. The predicted molar refractivity (Wildman–Crippen MR) is 37.4 cm³/mol. The Labute approximate surface area is 61.3 Å². The summed E-state index contributed by atoms with van der Waals surface area (Å²) in [5, 5.41) is 0. The van der Waals surface area contributed by atoms with Gasteiger partial charge in [0.15, 0.2) is 0 Å². The maximum atomic E-state index is 11.9. The number of rotatable bonds is 1. The lowest BCUT2D eigenvalue weighted by molar-refractivity contribution is 0.498. The Balaban J connectivity index is 2.99. The maximum absolute atomic E-state index is 11.9. The third-order valence-corrected chi connectivity index (χ3v) is 1.14. The molecule has 0 saturated carbocycles. The Kier molecular flexibility index (Phi) is 1.76. The van der Waals surface area contributed by atoms with Crippen LogP contribution in [0.25, 0.3) is 0 Å². The smallest absolute Gasteiger partial charge is 0.444 e. The van der Waals surface area contributed by atoms with Crippen LogP contribution in [0.1, 0.15) is 0 Å². The fourth-order valence-corrected chi connectivity index (χ4v) is 0.610. The zero-order chi connectivity index (χ0) is 8.48. The molecule has 0 saturated heterocycles. The van der Waals surface area contributed by atoms with Gasteiger partial charge in [-0.05, 0) is 11.7 Å². The van der Waals surface area contributed by atoms with Crippen LogP contribution in [0.4, 0.5) is 18.6 Å². The summed E-state index contributed by atoms with van der Waals surface area (Å²) in [5.41, 5.74) is 4.52. The number of hydrogen-bond donors (Lipinski definition) is 1. The zero-order valence-electron chi connectivity index (χ0n) is 5.47. The number of anilines is 1. The van der Waals surface area contributed by atoms with Crippen LogP contribution in [0.2, 0.25) is 0 Å². The van der Waals surface area contributed by atoms with Gasteiger partial charge in [-0.2, -0.15) is 0 Å². The zero-order valence-corrected chi connectivity index (χ0v) is 5.47. The van der Waals surface area contributed by atoms with Crippen LogP contribution in [-0.2, 0) is 0 Å². The number of pyridine rings is 1. The van der Waals surface area contributed by atoms with E-state index in [4.69, 9.17) is 5.73 Å². The molecule has 0 atom stereocenters. The minimum absolute atomic E-state index is 0.230. The molecule has 1 heterocycles. The number of nitrogens with zero attached hydrogens (tertiary/aromatic N) is 1. The molecule has 2 N–H and O–H groups in total. The topological polar surface area (TPSA) is 38.9 Å². The van der Waals surface area contributed by atoms with E-state index in [9.17, 15) is 12.9 Å². The highest BCUT2D eigenvalue weighted by atomic mass is 19.4. The molecular weight excluding hydrogens is 156 g/mol. The highest BCUT2D eigenvalue weighted by Gasteiger charge is 2.26. The van der Waals surface area contributed by atoms with Gasteiger partial charge in [0.2, 0.25) is 0 Å². The van der Waals surface area contributed by atoms with Gasteiger partial charge in [-0.1, -0.05) is 6.07 Å². The normalized spacial score (nSPS) is 11.5. The Bertz CT molecular complexity index is 243. The molecule has 2 nitrogen and oxygen atoms in total. The molecule has 0 aliphatic heterocycles. The summed E-state index contributed by atoms with van der Waals surface area (Å²) in [6, 6.07) is 2.05.